The van der Waals surface area contributed by atoms with E-state index in [2.05, 4.69) is 10.2 Å². The molecule has 222 valence electrons. The number of benzene rings is 2. The molecule has 1 fully saturated rings. The van der Waals surface area contributed by atoms with Gasteiger partial charge in [0.1, 0.15) is 12.2 Å². The molecule has 0 saturated carbocycles. The maximum atomic E-state index is 14.1. The molecule has 2 aromatic rings. The fourth-order valence-corrected chi connectivity index (χ4v) is 5.55. The van der Waals surface area contributed by atoms with Crippen LogP contribution >= 0.6 is 0 Å². The Morgan fingerprint density at radius 3 is 2.24 bits per heavy atom. The summed E-state index contributed by atoms with van der Waals surface area (Å²) in [7, 11) is 1.24. The Labute approximate surface area is 244 Å². The van der Waals surface area contributed by atoms with Crippen LogP contribution in [0.3, 0.4) is 0 Å². The van der Waals surface area contributed by atoms with E-state index >= 15 is 0 Å². The van der Waals surface area contributed by atoms with Crippen molar-refractivity contribution in [1.82, 2.24) is 10.2 Å². The number of piperidine rings is 1. The molecule has 1 N–H and O–H groups in total. The molecule has 11 nitrogen and oxygen atoms in total. The van der Waals surface area contributed by atoms with Gasteiger partial charge in [0.05, 0.1) is 29.1 Å². The van der Waals surface area contributed by atoms with E-state index in [1.165, 1.54) is 32.2 Å². The predicted molar refractivity (Wildman–Crippen MR) is 153 cm³/mol. The zero-order valence-electron chi connectivity index (χ0n) is 24.1. The average molecular weight is 578 g/mol. The van der Waals surface area contributed by atoms with Crippen molar-refractivity contribution in [3.05, 3.63) is 98.4 Å². The van der Waals surface area contributed by atoms with E-state index in [1.54, 1.807) is 19.9 Å². The first kappa shape index (κ1) is 30.4. The molecule has 0 aliphatic carbocycles. The van der Waals surface area contributed by atoms with Gasteiger partial charge in [-0.2, -0.15) is 0 Å². The minimum absolute atomic E-state index is 0.139. The van der Waals surface area contributed by atoms with Crippen LogP contribution in [0.1, 0.15) is 56.8 Å². The van der Waals surface area contributed by atoms with E-state index in [9.17, 15) is 24.5 Å². The van der Waals surface area contributed by atoms with E-state index in [1.807, 2.05) is 30.3 Å². The van der Waals surface area contributed by atoms with Crippen LogP contribution in [-0.2, 0) is 28.6 Å². The summed E-state index contributed by atoms with van der Waals surface area (Å²) in [6.45, 7) is 6.52. The Kier molecular flexibility index (Phi) is 9.74. The number of hydrogen-bond acceptors (Lipinski definition) is 10. The molecule has 2 atom stereocenters. The van der Waals surface area contributed by atoms with E-state index in [-0.39, 0.29) is 28.9 Å². The molecule has 2 heterocycles. The van der Waals surface area contributed by atoms with Crippen molar-refractivity contribution >= 4 is 23.6 Å². The number of methoxy groups -OCH3 is 1. The Morgan fingerprint density at radius 1 is 1.00 bits per heavy atom. The minimum atomic E-state index is -0.956. The largest absolute Gasteiger partial charge is 0.466 e. The fraction of sp³-hybridized carbons (Fsp3) is 0.387. The van der Waals surface area contributed by atoms with Gasteiger partial charge in [0, 0.05) is 50.1 Å². The number of rotatable bonds is 9. The van der Waals surface area contributed by atoms with Crippen LogP contribution in [0.4, 0.5) is 5.69 Å². The van der Waals surface area contributed by atoms with Gasteiger partial charge in [0.25, 0.3) is 5.69 Å². The first-order chi connectivity index (χ1) is 20.1. The standard InChI is InChI=1S/C31H35N3O8/c1-19-27(30(36)40-4)29(23-11-8-12-24(17-23)34(38)39)28(20(2)32-19)31(37)42-26(22-9-6-5-7-10-22)18-33-15-13-25(14-16-33)41-21(3)35/h5-12,17,25-26,29,32H,13-16,18H2,1-4H3. The molecule has 2 aliphatic heterocycles. The number of esters is 3. The Morgan fingerprint density at radius 2 is 1.64 bits per heavy atom. The number of nitrogens with one attached hydrogen (secondary N) is 1. The third-order valence-corrected chi connectivity index (χ3v) is 7.51. The number of nitro benzene ring substituents is 1. The Bertz CT molecular complexity index is 1410. The quantitative estimate of drug-likeness (QED) is 0.199. The molecule has 1 saturated heterocycles. The maximum absolute atomic E-state index is 14.1. The van der Waals surface area contributed by atoms with Crippen molar-refractivity contribution in [1.29, 1.82) is 0 Å². The van der Waals surface area contributed by atoms with Gasteiger partial charge in [-0.15, -0.1) is 0 Å². The van der Waals surface area contributed by atoms with Crippen LogP contribution in [-0.4, -0.2) is 60.6 Å². The van der Waals surface area contributed by atoms with Crippen LogP contribution in [0.2, 0.25) is 0 Å². The smallest absolute Gasteiger partial charge is 0.337 e. The third-order valence-electron chi connectivity index (χ3n) is 7.51. The van der Waals surface area contributed by atoms with Crippen LogP contribution in [0, 0.1) is 10.1 Å². The van der Waals surface area contributed by atoms with Crippen molar-refractivity contribution in [2.75, 3.05) is 26.7 Å². The van der Waals surface area contributed by atoms with Gasteiger partial charge >= 0.3 is 17.9 Å². The molecule has 0 spiro atoms. The monoisotopic (exact) mass is 577 g/mol. The number of dihydropyridines is 1. The summed E-state index contributed by atoms with van der Waals surface area (Å²) < 4.78 is 16.6. The van der Waals surface area contributed by atoms with Gasteiger partial charge < -0.3 is 19.5 Å². The van der Waals surface area contributed by atoms with Crippen LogP contribution in [0.25, 0.3) is 0 Å². The van der Waals surface area contributed by atoms with Crippen LogP contribution < -0.4 is 5.32 Å². The molecule has 4 rings (SSSR count). The van der Waals surface area contributed by atoms with E-state index in [0.29, 0.717) is 49.4 Å². The zero-order chi connectivity index (χ0) is 30.4. The molecule has 11 heteroatoms. The lowest BCUT2D eigenvalue weighted by molar-refractivity contribution is -0.384. The SMILES string of the molecule is COC(=O)C1=C(C)NC(C)=C(C(=O)OC(CN2CCC(OC(C)=O)CC2)c2ccccc2)C1c1cccc([N+](=O)[O-])c1. The number of ether oxygens (including phenoxy) is 3. The molecule has 2 aliphatic rings. The lowest BCUT2D eigenvalue weighted by Crippen LogP contribution is -2.40. The van der Waals surface area contributed by atoms with Gasteiger partial charge in [0.2, 0.25) is 0 Å². The highest BCUT2D eigenvalue weighted by molar-refractivity contribution is 6.00. The number of likely N-dealkylation sites (tertiary alicyclic amines) is 1. The molecule has 0 radical (unpaired) electrons. The van der Waals surface area contributed by atoms with E-state index < -0.39 is 28.9 Å². The molecule has 42 heavy (non-hydrogen) atoms. The minimum Gasteiger partial charge on any atom is -0.466 e. The van der Waals surface area contributed by atoms with Gasteiger partial charge in [-0.05, 0) is 37.8 Å². The van der Waals surface area contributed by atoms with Crippen molar-refractivity contribution in [3.8, 4) is 0 Å². The number of carbonyl (C=O) groups is 3. The summed E-state index contributed by atoms with van der Waals surface area (Å²) in [6, 6.07) is 15.2. The van der Waals surface area contributed by atoms with Crippen molar-refractivity contribution < 1.29 is 33.5 Å². The van der Waals surface area contributed by atoms with Crippen molar-refractivity contribution in [3.63, 3.8) is 0 Å². The second-order valence-corrected chi connectivity index (χ2v) is 10.4. The molecule has 2 unspecified atom stereocenters. The van der Waals surface area contributed by atoms with E-state index in [0.717, 1.165) is 5.56 Å². The number of allylic oxidation sites excluding steroid dienone is 2. The molecule has 0 amide bonds. The zero-order valence-corrected chi connectivity index (χ0v) is 24.1. The van der Waals surface area contributed by atoms with Gasteiger partial charge in [-0.3, -0.25) is 19.8 Å². The molecule has 0 aromatic heterocycles. The highest BCUT2D eigenvalue weighted by Gasteiger charge is 2.39. The van der Waals surface area contributed by atoms with Gasteiger partial charge in [-0.25, -0.2) is 9.59 Å². The van der Waals surface area contributed by atoms with Crippen LogP contribution in [0.15, 0.2) is 77.1 Å². The summed E-state index contributed by atoms with van der Waals surface area (Å²) >= 11 is 0. The summed E-state index contributed by atoms with van der Waals surface area (Å²) in [6.07, 6.45) is 0.554. The summed E-state index contributed by atoms with van der Waals surface area (Å²) in [5.74, 6) is -2.58. The van der Waals surface area contributed by atoms with E-state index in [4.69, 9.17) is 14.2 Å². The summed E-state index contributed by atoms with van der Waals surface area (Å²) in [4.78, 5) is 51.6. The number of hydrogen-bond donors (Lipinski definition) is 1. The highest BCUT2D eigenvalue weighted by Crippen LogP contribution is 2.41. The molecule has 2 aromatic carbocycles. The number of nitro groups is 1. The van der Waals surface area contributed by atoms with Crippen molar-refractivity contribution in [2.24, 2.45) is 0 Å². The van der Waals surface area contributed by atoms with Crippen molar-refractivity contribution in [2.45, 2.75) is 51.7 Å². The fourth-order valence-electron chi connectivity index (χ4n) is 5.55. The number of carbonyl (C=O) groups excluding carboxylic acids is 3. The lowest BCUT2D eigenvalue weighted by Gasteiger charge is -2.35. The first-order valence-corrected chi connectivity index (χ1v) is 13.8. The van der Waals surface area contributed by atoms with Crippen LogP contribution in [0.5, 0.6) is 0 Å². The van der Waals surface area contributed by atoms with Gasteiger partial charge in [0.15, 0.2) is 0 Å². The second-order valence-electron chi connectivity index (χ2n) is 10.4. The lowest BCUT2D eigenvalue weighted by atomic mass is 9.80. The second kappa shape index (κ2) is 13.4. The summed E-state index contributed by atoms with van der Waals surface area (Å²) in [5, 5.41) is 14.7. The number of nitrogens with zero attached hydrogens (tertiary/aromatic N) is 2. The normalized spacial score (nSPS) is 18.6. The Hall–Kier alpha value is -4.51. The third kappa shape index (κ3) is 7.03. The summed E-state index contributed by atoms with van der Waals surface area (Å²) in [5.41, 5.74) is 2.29. The molecular formula is C31H35N3O8. The topological polar surface area (TPSA) is 137 Å². The maximum Gasteiger partial charge on any atom is 0.337 e. The van der Waals surface area contributed by atoms with Gasteiger partial charge in [-0.1, -0.05) is 42.5 Å². The first-order valence-electron chi connectivity index (χ1n) is 13.8. The number of non-ortho nitro benzene ring substituents is 1. The Balaban J connectivity index is 1.66. The molecule has 0 bridgehead atoms. The molecular weight excluding hydrogens is 542 g/mol. The highest BCUT2D eigenvalue weighted by atomic mass is 16.6. The predicted octanol–water partition coefficient (Wildman–Crippen LogP) is 4.31. The average Bonchev–Trinajstić information content (AvgIpc) is 2.97.